The maximum atomic E-state index is 12.0. The minimum atomic E-state index is 0.0526. The van der Waals surface area contributed by atoms with E-state index in [0.717, 1.165) is 28.9 Å². The number of amides is 1. The second-order valence-electron chi connectivity index (χ2n) is 6.31. The first kappa shape index (κ1) is 20.5. The van der Waals surface area contributed by atoms with E-state index in [1.165, 1.54) is 5.56 Å². The summed E-state index contributed by atoms with van der Waals surface area (Å²) in [5, 5.41) is 2.99. The van der Waals surface area contributed by atoms with Gasteiger partial charge in [-0.3, -0.25) is 4.79 Å². The van der Waals surface area contributed by atoms with Crippen molar-refractivity contribution in [2.75, 3.05) is 20.2 Å². The Morgan fingerprint density at radius 1 is 1.15 bits per heavy atom. The molecule has 0 bridgehead atoms. The number of para-hydroxylation sites is 1. The van der Waals surface area contributed by atoms with E-state index >= 15 is 0 Å². The Hall–Kier alpha value is -1.85. The van der Waals surface area contributed by atoms with Gasteiger partial charge in [0.2, 0.25) is 5.91 Å². The molecule has 0 saturated carbocycles. The lowest BCUT2D eigenvalue weighted by Crippen LogP contribution is -2.23. The first-order valence-electron chi connectivity index (χ1n) is 8.99. The molecule has 0 saturated heterocycles. The molecule has 5 heteroatoms. The van der Waals surface area contributed by atoms with Gasteiger partial charge < -0.3 is 15.0 Å². The maximum absolute atomic E-state index is 12.0. The van der Waals surface area contributed by atoms with E-state index in [4.69, 9.17) is 4.74 Å². The average Bonchev–Trinajstić information content (AvgIpc) is 2.65. The Kier molecular flexibility index (Phi) is 8.65. The SMILES string of the molecule is CCN(C)Cc1cccc(CNC(=O)CCCOc2ccccc2Br)c1. The third-order valence-electron chi connectivity index (χ3n) is 4.12. The summed E-state index contributed by atoms with van der Waals surface area (Å²) < 4.78 is 6.61. The molecule has 0 fully saturated rings. The number of carbonyl (C=O) groups excluding carboxylic acids is 1. The molecular formula is C21H27BrN2O2. The van der Waals surface area contributed by atoms with Gasteiger partial charge in [-0.1, -0.05) is 43.3 Å². The predicted molar refractivity (Wildman–Crippen MR) is 109 cm³/mol. The number of benzene rings is 2. The van der Waals surface area contributed by atoms with Crippen LogP contribution in [0.25, 0.3) is 0 Å². The molecule has 2 rings (SSSR count). The highest BCUT2D eigenvalue weighted by molar-refractivity contribution is 9.10. The van der Waals surface area contributed by atoms with Gasteiger partial charge in [-0.05, 0) is 59.2 Å². The van der Waals surface area contributed by atoms with Crippen LogP contribution in [0.5, 0.6) is 5.75 Å². The lowest BCUT2D eigenvalue weighted by molar-refractivity contribution is -0.121. The topological polar surface area (TPSA) is 41.6 Å². The first-order valence-corrected chi connectivity index (χ1v) is 9.78. The van der Waals surface area contributed by atoms with Gasteiger partial charge in [-0.15, -0.1) is 0 Å². The molecule has 26 heavy (non-hydrogen) atoms. The number of halogens is 1. The molecule has 0 atom stereocenters. The van der Waals surface area contributed by atoms with Crippen molar-refractivity contribution < 1.29 is 9.53 Å². The fourth-order valence-electron chi connectivity index (χ4n) is 2.53. The van der Waals surface area contributed by atoms with Crippen molar-refractivity contribution in [3.63, 3.8) is 0 Å². The molecule has 0 aliphatic carbocycles. The summed E-state index contributed by atoms with van der Waals surface area (Å²) in [7, 11) is 2.10. The Morgan fingerprint density at radius 3 is 2.69 bits per heavy atom. The van der Waals surface area contributed by atoms with E-state index in [-0.39, 0.29) is 5.91 Å². The zero-order valence-electron chi connectivity index (χ0n) is 15.5. The second-order valence-corrected chi connectivity index (χ2v) is 7.16. The van der Waals surface area contributed by atoms with Crippen LogP contribution in [0.3, 0.4) is 0 Å². The van der Waals surface area contributed by atoms with Crippen LogP contribution in [0.1, 0.15) is 30.9 Å². The molecule has 0 unspecified atom stereocenters. The van der Waals surface area contributed by atoms with Gasteiger partial charge in [0.05, 0.1) is 11.1 Å². The molecule has 0 spiro atoms. The Bertz CT molecular complexity index is 706. The molecule has 140 valence electrons. The zero-order chi connectivity index (χ0) is 18.8. The van der Waals surface area contributed by atoms with Crippen molar-refractivity contribution in [1.29, 1.82) is 0 Å². The Labute approximate surface area is 164 Å². The Morgan fingerprint density at radius 2 is 1.92 bits per heavy atom. The zero-order valence-corrected chi connectivity index (χ0v) is 17.1. The number of nitrogens with one attached hydrogen (secondary N) is 1. The number of carbonyl (C=O) groups is 1. The molecule has 1 amide bonds. The van der Waals surface area contributed by atoms with Crippen LogP contribution in [-0.2, 0) is 17.9 Å². The molecule has 0 aliphatic heterocycles. The highest BCUT2D eigenvalue weighted by atomic mass is 79.9. The van der Waals surface area contributed by atoms with Crippen LogP contribution in [0, 0.1) is 0 Å². The molecule has 4 nitrogen and oxygen atoms in total. The summed E-state index contributed by atoms with van der Waals surface area (Å²) >= 11 is 3.45. The van der Waals surface area contributed by atoms with Crippen LogP contribution in [0.2, 0.25) is 0 Å². The number of rotatable bonds is 10. The van der Waals surface area contributed by atoms with Crippen LogP contribution in [0.15, 0.2) is 53.0 Å². The van der Waals surface area contributed by atoms with E-state index in [2.05, 4.69) is 52.3 Å². The van der Waals surface area contributed by atoms with E-state index in [1.54, 1.807) is 0 Å². The fraction of sp³-hybridized carbons (Fsp3) is 0.381. The second kappa shape index (κ2) is 11.0. The number of ether oxygens (including phenoxy) is 1. The van der Waals surface area contributed by atoms with E-state index in [9.17, 15) is 4.79 Å². The van der Waals surface area contributed by atoms with Crippen molar-refractivity contribution in [3.05, 3.63) is 64.1 Å². The molecule has 2 aromatic rings. The molecule has 1 N–H and O–H groups in total. The third kappa shape index (κ3) is 7.18. The van der Waals surface area contributed by atoms with Gasteiger partial charge in [0.15, 0.2) is 0 Å². The average molecular weight is 419 g/mol. The summed E-state index contributed by atoms with van der Waals surface area (Å²) in [6.45, 7) is 5.17. The molecular weight excluding hydrogens is 392 g/mol. The molecule has 2 aromatic carbocycles. The van der Waals surface area contributed by atoms with Crippen molar-refractivity contribution in [2.24, 2.45) is 0 Å². The van der Waals surface area contributed by atoms with Gasteiger partial charge in [-0.2, -0.15) is 0 Å². The van der Waals surface area contributed by atoms with Gasteiger partial charge in [0, 0.05) is 19.5 Å². The van der Waals surface area contributed by atoms with Crippen LogP contribution >= 0.6 is 15.9 Å². The number of nitrogens with zero attached hydrogens (tertiary/aromatic N) is 1. The minimum Gasteiger partial charge on any atom is -0.492 e. The molecule has 0 aliphatic rings. The Balaban J connectivity index is 1.68. The fourth-order valence-corrected chi connectivity index (χ4v) is 2.93. The summed E-state index contributed by atoms with van der Waals surface area (Å²) in [5.41, 5.74) is 2.40. The lowest BCUT2D eigenvalue weighted by atomic mass is 10.1. The summed E-state index contributed by atoms with van der Waals surface area (Å²) in [6.07, 6.45) is 1.15. The van der Waals surface area contributed by atoms with Crippen molar-refractivity contribution in [1.82, 2.24) is 10.2 Å². The van der Waals surface area contributed by atoms with E-state index in [1.807, 2.05) is 36.4 Å². The molecule has 0 radical (unpaired) electrons. The first-order chi connectivity index (χ1) is 12.6. The largest absolute Gasteiger partial charge is 0.492 e. The van der Waals surface area contributed by atoms with Gasteiger partial charge in [0.25, 0.3) is 0 Å². The molecule has 0 heterocycles. The monoisotopic (exact) mass is 418 g/mol. The van der Waals surface area contributed by atoms with Crippen LogP contribution < -0.4 is 10.1 Å². The van der Waals surface area contributed by atoms with Gasteiger partial charge in [-0.25, -0.2) is 0 Å². The minimum absolute atomic E-state index is 0.0526. The quantitative estimate of drug-likeness (QED) is 0.582. The van der Waals surface area contributed by atoms with Crippen molar-refractivity contribution in [3.8, 4) is 5.75 Å². The van der Waals surface area contributed by atoms with Crippen molar-refractivity contribution >= 4 is 21.8 Å². The van der Waals surface area contributed by atoms with Crippen molar-refractivity contribution in [2.45, 2.75) is 32.9 Å². The van der Waals surface area contributed by atoms with E-state index < -0.39 is 0 Å². The highest BCUT2D eigenvalue weighted by Gasteiger charge is 2.04. The van der Waals surface area contributed by atoms with Crippen LogP contribution in [-0.4, -0.2) is 31.0 Å². The summed E-state index contributed by atoms with van der Waals surface area (Å²) in [5.74, 6) is 0.860. The number of hydrogen-bond donors (Lipinski definition) is 1. The standard InChI is InChI=1S/C21H27BrN2O2/c1-3-24(2)16-18-9-6-8-17(14-18)15-23-21(25)12-7-13-26-20-11-5-4-10-19(20)22/h4-6,8-11,14H,3,7,12-13,15-16H2,1-2H3,(H,23,25). The summed E-state index contributed by atoms with van der Waals surface area (Å²) in [6, 6.07) is 16.1. The van der Waals surface area contributed by atoms with Gasteiger partial charge in [0.1, 0.15) is 5.75 Å². The highest BCUT2D eigenvalue weighted by Crippen LogP contribution is 2.23. The van der Waals surface area contributed by atoms with Gasteiger partial charge >= 0.3 is 0 Å². The maximum Gasteiger partial charge on any atom is 0.220 e. The number of hydrogen-bond acceptors (Lipinski definition) is 3. The lowest BCUT2D eigenvalue weighted by Gasteiger charge is -2.14. The normalized spacial score (nSPS) is 10.8. The smallest absolute Gasteiger partial charge is 0.220 e. The summed E-state index contributed by atoms with van der Waals surface area (Å²) in [4.78, 5) is 14.3. The van der Waals surface area contributed by atoms with Crippen LogP contribution in [0.4, 0.5) is 0 Å². The third-order valence-corrected chi connectivity index (χ3v) is 4.77. The van der Waals surface area contributed by atoms with E-state index in [0.29, 0.717) is 26.0 Å². The molecule has 0 aromatic heterocycles. The predicted octanol–water partition coefficient (Wildman–Crippen LogP) is 4.38.